The quantitative estimate of drug-likeness (QED) is 0.201. The summed E-state index contributed by atoms with van der Waals surface area (Å²) in [6.45, 7) is 5.97. The zero-order valence-corrected chi connectivity index (χ0v) is 28.5. The number of hydrogen-bond acceptors (Lipinski definition) is 8. The van der Waals surface area contributed by atoms with Crippen molar-refractivity contribution in [2.45, 2.75) is 52.2 Å². The second-order valence-electron chi connectivity index (χ2n) is 12.1. The van der Waals surface area contributed by atoms with Crippen LogP contribution in [0.2, 0.25) is 0 Å². The Morgan fingerprint density at radius 3 is 2.19 bits per heavy atom. The van der Waals surface area contributed by atoms with E-state index in [2.05, 4.69) is 55.3 Å². The SMILES string of the molecule is CCOCc1c2c3c(c(OC)c1OC)Oc1cc(c(C)cc1OC)CCc1ccc(cc1)Oc1cc(ccc1OC)CC3N(C)CC2. The van der Waals surface area contributed by atoms with Crippen LogP contribution in [-0.2, 0) is 37.0 Å². The van der Waals surface area contributed by atoms with Gasteiger partial charge < -0.3 is 33.2 Å². The lowest BCUT2D eigenvalue weighted by Gasteiger charge is -2.38. The summed E-state index contributed by atoms with van der Waals surface area (Å²) in [4.78, 5) is 2.38. The number of ether oxygens (including phenoxy) is 7. The molecule has 1 unspecified atom stereocenters. The van der Waals surface area contributed by atoms with E-state index in [1.807, 2.05) is 25.1 Å². The molecule has 0 saturated carbocycles. The molecule has 0 fully saturated rings. The molecular weight excluding hydrogens is 594 g/mol. The van der Waals surface area contributed by atoms with Gasteiger partial charge in [-0.05, 0) is 111 Å². The summed E-state index contributed by atoms with van der Waals surface area (Å²) in [5.74, 6) is 5.22. The van der Waals surface area contributed by atoms with Gasteiger partial charge in [-0.3, -0.25) is 4.90 Å². The Morgan fingerprint density at radius 2 is 1.49 bits per heavy atom. The molecule has 0 spiro atoms. The molecular formula is C39H45NO7. The third-order valence-corrected chi connectivity index (χ3v) is 9.38. The van der Waals surface area contributed by atoms with E-state index < -0.39 is 0 Å². The summed E-state index contributed by atoms with van der Waals surface area (Å²) >= 11 is 0. The lowest BCUT2D eigenvalue weighted by molar-refractivity contribution is 0.129. The van der Waals surface area contributed by atoms with E-state index in [0.717, 1.165) is 53.8 Å². The smallest absolute Gasteiger partial charge is 0.204 e. The molecule has 4 aromatic carbocycles. The number of aryl methyl sites for hydroxylation is 3. The van der Waals surface area contributed by atoms with Crippen LogP contribution in [0.1, 0.15) is 51.9 Å². The lowest BCUT2D eigenvalue weighted by Crippen LogP contribution is -2.34. The van der Waals surface area contributed by atoms with Crippen LogP contribution in [0.3, 0.4) is 0 Å². The average Bonchev–Trinajstić information content (AvgIpc) is 3.08. The van der Waals surface area contributed by atoms with Gasteiger partial charge in [0.1, 0.15) is 5.75 Å². The van der Waals surface area contributed by atoms with Crippen LogP contribution in [0.25, 0.3) is 0 Å². The number of likely N-dealkylation sites (N-methyl/N-ethyl adjacent to an activating group) is 1. The number of fused-ring (bicyclic) bond motifs is 3. The Balaban J connectivity index is 1.61. The Bertz CT molecular complexity index is 1730. The number of methoxy groups -OCH3 is 4. The van der Waals surface area contributed by atoms with Crippen LogP contribution in [0.4, 0.5) is 0 Å². The van der Waals surface area contributed by atoms with Gasteiger partial charge in [0.2, 0.25) is 5.75 Å². The molecule has 3 aliphatic heterocycles. The summed E-state index contributed by atoms with van der Waals surface area (Å²) < 4.78 is 43.3. The predicted molar refractivity (Wildman–Crippen MR) is 182 cm³/mol. The summed E-state index contributed by atoms with van der Waals surface area (Å²) in [6.07, 6.45) is 3.19. The molecule has 8 nitrogen and oxygen atoms in total. The van der Waals surface area contributed by atoms with Gasteiger partial charge in [0.05, 0.1) is 35.0 Å². The molecule has 0 aromatic heterocycles. The van der Waals surface area contributed by atoms with Gasteiger partial charge >= 0.3 is 0 Å². The van der Waals surface area contributed by atoms with Crippen LogP contribution in [0.5, 0.6) is 46.0 Å². The molecule has 0 aliphatic carbocycles. The topological polar surface area (TPSA) is 67.9 Å². The molecule has 0 radical (unpaired) electrons. The Labute approximate surface area is 278 Å². The maximum absolute atomic E-state index is 7.01. The molecule has 7 rings (SSSR count). The van der Waals surface area contributed by atoms with E-state index >= 15 is 0 Å². The minimum atomic E-state index is -0.0516. The van der Waals surface area contributed by atoms with Gasteiger partial charge in [0.25, 0.3) is 0 Å². The summed E-state index contributed by atoms with van der Waals surface area (Å²) in [5.41, 5.74) is 7.86. The highest BCUT2D eigenvalue weighted by molar-refractivity contribution is 5.67. The van der Waals surface area contributed by atoms with Crippen molar-refractivity contribution in [1.82, 2.24) is 4.90 Å². The normalized spacial score (nSPS) is 15.9. The first-order valence-electron chi connectivity index (χ1n) is 16.3. The molecule has 0 saturated heterocycles. The third kappa shape index (κ3) is 6.45. The highest BCUT2D eigenvalue weighted by atomic mass is 16.5. The first-order chi connectivity index (χ1) is 22.9. The Morgan fingerprint density at radius 1 is 0.766 bits per heavy atom. The minimum absolute atomic E-state index is 0.0516. The average molecular weight is 640 g/mol. The first-order valence-corrected chi connectivity index (χ1v) is 16.3. The maximum atomic E-state index is 7.01. The maximum Gasteiger partial charge on any atom is 0.204 e. The van der Waals surface area contributed by atoms with Crippen molar-refractivity contribution >= 4 is 0 Å². The fourth-order valence-electron chi connectivity index (χ4n) is 6.82. The third-order valence-electron chi connectivity index (χ3n) is 9.38. The van der Waals surface area contributed by atoms with Crippen LogP contribution in [-0.4, -0.2) is 53.5 Å². The molecule has 248 valence electrons. The lowest BCUT2D eigenvalue weighted by atomic mass is 9.84. The van der Waals surface area contributed by atoms with Crippen LogP contribution in [0, 0.1) is 6.92 Å². The van der Waals surface area contributed by atoms with Crippen molar-refractivity contribution < 1.29 is 33.2 Å². The molecule has 3 heterocycles. The molecule has 4 aromatic rings. The number of hydrogen-bond donors (Lipinski definition) is 0. The van der Waals surface area contributed by atoms with E-state index in [1.165, 1.54) is 16.7 Å². The largest absolute Gasteiger partial charge is 0.493 e. The van der Waals surface area contributed by atoms with Crippen molar-refractivity contribution in [3.63, 3.8) is 0 Å². The highest BCUT2D eigenvalue weighted by Crippen LogP contribution is 2.53. The second kappa shape index (κ2) is 14.2. The van der Waals surface area contributed by atoms with E-state index in [9.17, 15) is 0 Å². The highest BCUT2D eigenvalue weighted by Gasteiger charge is 2.36. The first kappa shape index (κ1) is 32.5. The van der Waals surface area contributed by atoms with Gasteiger partial charge in [-0.25, -0.2) is 0 Å². The monoisotopic (exact) mass is 639 g/mol. The van der Waals surface area contributed by atoms with E-state index in [1.54, 1.807) is 28.4 Å². The molecule has 3 aliphatic rings. The zero-order chi connectivity index (χ0) is 33.1. The molecule has 47 heavy (non-hydrogen) atoms. The molecule has 8 heteroatoms. The predicted octanol–water partition coefficient (Wildman–Crippen LogP) is 8.02. The van der Waals surface area contributed by atoms with Crippen molar-refractivity contribution in [2.24, 2.45) is 0 Å². The zero-order valence-electron chi connectivity index (χ0n) is 28.5. The number of benzene rings is 4. The van der Waals surface area contributed by atoms with Crippen molar-refractivity contribution in [3.05, 3.63) is 93.5 Å². The molecule has 1 atom stereocenters. The van der Waals surface area contributed by atoms with Gasteiger partial charge in [-0.2, -0.15) is 0 Å². The van der Waals surface area contributed by atoms with Gasteiger partial charge in [0.15, 0.2) is 34.5 Å². The number of rotatable bonds is 7. The number of nitrogens with zero attached hydrogens (tertiary/aromatic N) is 1. The van der Waals surface area contributed by atoms with Gasteiger partial charge in [0, 0.05) is 30.3 Å². The Kier molecular flexibility index (Phi) is 9.80. The van der Waals surface area contributed by atoms with E-state index in [-0.39, 0.29) is 6.04 Å². The van der Waals surface area contributed by atoms with Crippen molar-refractivity contribution in [1.29, 1.82) is 0 Å². The molecule has 6 bridgehead atoms. The van der Waals surface area contributed by atoms with Crippen molar-refractivity contribution in [3.8, 4) is 46.0 Å². The molecule has 0 amide bonds. The van der Waals surface area contributed by atoms with E-state index in [0.29, 0.717) is 59.9 Å². The van der Waals surface area contributed by atoms with Crippen molar-refractivity contribution in [2.75, 3.05) is 48.6 Å². The minimum Gasteiger partial charge on any atom is -0.493 e. The van der Waals surface area contributed by atoms with E-state index in [4.69, 9.17) is 33.2 Å². The fraction of sp³-hybridized carbons (Fsp3) is 0.385. The van der Waals surface area contributed by atoms with Crippen LogP contribution >= 0.6 is 0 Å². The van der Waals surface area contributed by atoms with Crippen LogP contribution < -0.4 is 28.4 Å². The van der Waals surface area contributed by atoms with Crippen LogP contribution in [0.15, 0.2) is 54.6 Å². The summed E-state index contributed by atoms with van der Waals surface area (Å²) in [5, 5.41) is 0. The summed E-state index contributed by atoms with van der Waals surface area (Å²) in [6, 6.07) is 18.6. The standard InChI is InChI=1S/C39H45NO7/c1-8-45-23-30-29-17-18-40(3)31-20-26-12-16-32(41-4)34(21-26)46-28-14-10-25(11-15-28)9-13-27-22-35(33(42-5)19-24(27)2)47-38(36(29)31)39(44-7)37(30)43-6/h10-12,14-16,19,21-22,31H,8-9,13,17-18,20,23H2,1-7H3. The van der Waals surface area contributed by atoms with Gasteiger partial charge in [-0.1, -0.05) is 18.2 Å². The Hall–Kier alpha value is -4.40. The fourth-order valence-corrected chi connectivity index (χ4v) is 6.82. The summed E-state index contributed by atoms with van der Waals surface area (Å²) in [7, 11) is 8.85. The second-order valence-corrected chi connectivity index (χ2v) is 12.1. The molecule has 0 N–H and O–H groups in total. The van der Waals surface area contributed by atoms with Gasteiger partial charge in [-0.15, -0.1) is 0 Å².